The molecule has 3 rings (SSSR count). The number of nitrogens with zero attached hydrogens (tertiary/aromatic N) is 4. The van der Waals surface area contributed by atoms with Crippen LogP contribution in [-0.4, -0.2) is 85.8 Å². The molecule has 2 N–H and O–H groups in total. The number of hydrogen-bond donors (Lipinski definition) is 2. The van der Waals surface area contributed by atoms with Crippen LogP contribution in [0.25, 0.3) is 21.7 Å². The first-order chi connectivity index (χ1) is 19.4. The van der Waals surface area contributed by atoms with Crippen molar-refractivity contribution >= 4 is 35.1 Å². The van der Waals surface area contributed by atoms with Gasteiger partial charge in [-0.15, -0.1) is 11.3 Å². The van der Waals surface area contributed by atoms with Gasteiger partial charge in [0.2, 0.25) is 5.88 Å². The monoisotopic (exact) mass is 596 g/mol. The van der Waals surface area contributed by atoms with Crippen LogP contribution in [0.1, 0.15) is 33.3 Å². The quantitative estimate of drug-likeness (QED) is 0.330. The molecule has 0 aromatic carbocycles. The van der Waals surface area contributed by atoms with Gasteiger partial charge >= 0.3 is 24.1 Å². The molecule has 3 aromatic rings. The number of anilines is 1. The predicted molar refractivity (Wildman–Crippen MR) is 143 cm³/mol. The molecule has 3 heterocycles. The summed E-state index contributed by atoms with van der Waals surface area (Å²) >= 11 is 0.606. The SMILES string of the molecule is CCNC(=O)Nc1ncc(-c2cc(C(=O)OC)cnc2OCCN(C)C)c(-c2nc(C(F)(F)F)cs2)c1C(=O)OC. The highest BCUT2D eigenvalue weighted by atomic mass is 32.1. The van der Waals surface area contributed by atoms with E-state index in [-0.39, 0.29) is 57.7 Å². The topological polar surface area (TPSA) is 145 Å². The Morgan fingerprint density at radius 1 is 1.05 bits per heavy atom. The Morgan fingerprint density at radius 2 is 1.76 bits per heavy atom. The van der Waals surface area contributed by atoms with E-state index >= 15 is 0 Å². The number of alkyl halides is 3. The fourth-order valence-electron chi connectivity index (χ4n) is 3.48. The number of urea groups is 1. The third kappa shape index (κ3) is 7.46. The number of pyridine rings is 2. The van der Waals surface area contributed by atoms with Crippen molar-refractivity contribution < 1.29 is 41.8 Å². The van der Waals surface area contributed by atoms with Gasteiger partial charge in [-0.05, 0) is 27.1 Å². The summed E-state index contributed by atoms with van der Waals surface area (Å²) in [4.78, 5) is 51.8. The van der Waals surface area contributed by atoms with Gasteiger partial charge in [-0.25, -0.2) is 29.3 Å². The van der Waals surface area contributed by atoms with Crippen molar-refractivity contribution in [3.05, 3.63) is 40.7 Å². The number of hydrogen-bond acceptors (Lipinski definition) is 11. The average Bonchev–Trinajstić information content (AvgIpc) is 3.43. The van der Waals surface area contributed by atoms with E-state index in [2.05, 4.69) is 25.6 Å². The van der Waals surface area contributed by atoms with E-state index in [9.17, 15) is 27.6 Å². The zero-order valence-electron chi connectivity index (χ0n) is 22.7. The minimum Gasteiger partial charge on any atom is -0.476 e. The number of ether oxygens (including phenoxy) is 3. The van der Waals surface area contributed by atoms with E-state index in [0.717, 1.165) is 12.5 Å². The molecule has 3 aromatic heterocycles. The second kappa shape index (κ2) is 13.4. The van der Waals surface area contributed by atoms with Crippen molar-refractivity contribution in [2.75, 3.05) is 53.3 Å². The number of rotatable bonds is 10. The Morgan fingerprint density at radius 3 is 2.34 bits per heavy atom. The van der Waals surface area contributed by atoms with E-state index in [1.165, 1.54) is 25.6 Å². The van der Waals surface area contributed by atoms with E-state index in [4.69, 9.17) is 14.2 Å². The highest BCUT2D eigenvalue weighted by Gasteiger charge is 2.36. The summed E-state index contributed by atoms with van der Waals surface area (Å²) in [7, 11) is 5.88. The minimum atomic E-state index is -4.78. The average molecular weight is 597 g/mol. The molecule has 0 aliphatic heterocycles. The number of carbonyl (C=O) groups is 3. The molecule has 0 saturated heterocycles. The van der Waals surface area contributed by atoms with Crippen LogP contribution < -0.4 is 15.4 Å². The van der Waals surface area contributed by atoms with Crippen molar-refractivity contribution in [2.45, 2.75) is 13.1 Å². The molecule has 0 spiro atoms. The van der Waals surface area contributed by atoms with E-state index in [1.807, 2.05) is 19.0 Å². The summed E-state index contributed by atoms with van der Waals surface area (Å²) in [5.74, 6) is -2.06. The number of methoxy groups -OCH3 is 2. The van der Waals surface area contributed by atoms with Crippen LogP contribution in [0, 0.1) is 0 Å². The largest absolute Gasteiger partial charge is 0.476 e. The fourth-order valence-corrected chi connectivity index (χ4v) is 4.37. The lowest BCUT2D eigenvalue weighted by Gasteiger charge is -2.18. The number of halogens is 3. The molecular formula is C25H27F3N6O6S. The van der Waals surface area contributed by atoms with Crippen LogP contribution in [0.3, 0.4) is 0 Å². The highest BCUT2D eigenvalue weighted by molar-refractivity contribution is 7.13. The van der Waals surface area contributed by atoms with Gasteiger partial charge in [-0.3, -0.25) is 5.32 Å². The Bertz CT molecular complexity index is 1430. The normalized spacial score (nSPS) is 11.2. The van der Waals surface area contributed by atoms with Gasteiger partial charge in [0.1, 0.15) is 23.0 Å². The van der Waals surface area contributed by atoms with Crippen LogP contribution in [-0.2, 0) is 15.7 Å². The van der Waals surface area contributed by atoms with Gasteiger partial charge in [0.25, 0.3) is 0 Å². The Kier molecular flexibility index (Phi) is 10.2. The molecular weight excluding hydrogens is 569 g/mol. The first-order valence-corrected chi connectivity index (χ1v) is 12.8. The smallest absolute Gasteiger partial charge is 0.434 e. The van der Waals surface area contributed by atoms with Crippen molar-refractivity contribution in [3.63, 3.8) is 0 Å². The molecule has 0 radical (unpaired) electrons. The molecule has 0 atom stereocenters. The molecule has 220 valence electrons. The number of amides is 2. The molecule has 41 heavy (non-hydrogen) atoms. The summed E-state index contributed by atoms with van der Waals surface area (Å²) < 4.78 is 56.2. The molecule has 0 saturated carbocycles. The predicted octanol–water partition coefficient (Wildman–Crippen LogP) is 3.94. The summed E-state index contributed by atoms with van der Waals surface area (Å²) in [6, 6.07) is 0.627. The van der Waals surface area contributed by atoms with Gasteiger partial charge in [-0.1, -0.05) is 0 Å². The Hall–Kier alpha value is -4.31. The zero-order valence-corrected chi connectivity index (χ0v) is 23.5. The minimum absolute atomic E-state index is 0.00425. The molecule has 0 unspecified atom stereocenters. The molecule has 0 fully saturated rings. The summed E-state index contributed by atoms with van der Waals surface area (Å²) in [6.45, 7) is 2.54. The lowest BCUT2D eigenvalue weighted by molar-refractivity contribution is -0.140. The number of carbonyl (C=O) groups excluding carboxylic acids is 3. The Labute approximate surface area is 236 Å². The van der Waals surface area contributed by atoms with Crippen LogP contribution >= 0.6 is 11.3 Å². The van der Waals surface area contributed by atoms with Gasteiger partial charge in [0, 0.05) is 47.6 Å². The third-order valence-corrected chi connectivity index (χ3v) is 6.25. The first-order valence-electron chi connectivity index (χ1n) is 12.0. The fraction of sp³-hybridized carbons (Fsp3) is 0.360. The van der Waals surface area contributed by atoms with Crippen molar-refractivity contribution in [2.24, 2.45) is 0 Å². The first kappa shape index (κ1) is 31.2. The van der Waals surface area contributed by atoms with Crippen molar-refractivity contribution in [3.8, 4) is 27.6 Å². The van der Waals surface area contributed by atoms with Gasteiger partial charge in [-0.2, -0.15) is 13.2 Å². The number of aromatic nitrogens is 3. The molecule has 0 aliphatic carbocycles. The van der Waals surface area contributed by atoms with Crippen LogP contribution in [0.15, 0.2) is 23.8 Å². The molecule has 0 bridgehead atoms. The summed E-state index contributed by atoms with van der Waals surface area (Å²) in [6.07, 6.45) is -2.36. The van der Waals surface area contributed by atoms with Gasteiger partial charge in [0.05, 0.1) is 19.8 Å². The number of nitrogens with one attached hydrogen (secondary N) is 2. The summed E-state index contributed by atoms with van der Waals surface area (Å²) in [5.41, 5.74) is -1.59. The van der Waals surface area contributed by atoms with Gasteiger partial charge in [0.15, 0.2) is 5.69 Å². The maximum absolute atomic E-state index is 13.5. The molecule has 2 amide bonds. The summed E-state index contributed by atoms with van der Waals surface area (Å²) in [5, 5.41) is 5.45. The van der Waals surface area contributed by atoms with Crippen molar-refractivity contribution in [1.82, 2.24) is 25.2 Å². The number of esters is 2. The zero-order chi connectivity index (χ0) is 30.3. The maximum Gasteiger partial charge on any atom is 0.434 e. The van der Waals surface area contributed by atoms with Crippen LogP contribution in [0.5, 0.6) is 5.88 Å². The second-order valence-corrected chi connectivity index (χ2v) is 9.36. The third-order valence-electron chi connectivity index (χ3n) is 5.39. The lowest BCUT2D eigenvalue weighted by Crippen LogP contribution is -2.29. The van der Waals surface area contributed by atoms with Crippen LogP contribution in [0.4, 0.5) is 23.8 Å². The second-order valence-electron chi connectivity index (χ2n) is 8.50. The van der Waals surface area contributed by atoms with E-state index < -0.39 is 29.8 Å². The standard InChI is InChI=1S/C25H27F3N6O6S/c1-6-29-24(37)33-19-18(23(36)39-5)17(21-32-16(12-41-21)25(26,27)28)15(11-30-19)14-9-13(22(35)38-4)10-31-20(14)40-8-7-34(2)3/h9-12H,6-8H2,1-5H3,(H2,29,30,33,37). The number of thiazole rings is 1. The van der Waals surface area contributed by atoms with Crippen LogP contribution in [0.2, 0.25) is 0 Å². The molecule has 16 heteroatoms. The maximum atomic E-state index is 13.5. The van der Waals surface area contributed by atoms with E-state index in [0.29, 0.717) is 17.9 Å². The molecule has 0 aliphatic rings. The van der Waals surface area contributed by atoms with E-state index in [1.54, 1.807) is 6.92 Å². The van der Waals surface area contributed by atoms with Crippen molar-refractivity contribution in [1.29, 1.82) is 0 Å². The Balaban J connectivity index is 2.39. The molecule has 12 nitrogen and oxygen atoms in total. The van der Waals surface area contributed by atoms with Gasteiger partial charge < -0.3 is 24.4 Å². The highest BCUT2D eigenvalue weighted by Crippen LogP contribution is 2.43. The number of likely N-dealkylation sites (N-methyl/N-ethyl adjacent to an activating group) is 1. The lowest BCUT2D eigenvalue weighted by atomic mass is 9.97.